The van der Waals surface area contributed by atoms with Gasteiger partial charge in [0.05, 0.1) is 19.9 Å². The monoisotopic (exact) mass is 373 g/mol. The van der Waals surface area contributed by atoms with Crippen LogP contribution >= 0.6 is 0 Å². The molecule has 0 radical (unpaired) electrons. The van der Waals surface area contributed by atoms with E-state index in [2.05, 4.69) is 5.32 Å². The fourth-order valence-corrected chi connectivity index (χ4v) is 2.91. The number of hydrogen-bond acceptors (Lipinski definition) is 4. The van der Waals surface area contributed by atoms with E-state index in [1.807, 2.05) is 0 Å². The fraction of sp³-hybridized carbons (Fsp3) is 0.263. The minimum absolute atomic E-state index is 0.127. The first-order valence-electron chi connectivity index (χ1n) is 8.36. The van der Waals surface area contributed by atoms with Crippen molar-refractivity contribution in [3.63, 3.8) is 0 Å². The third-order valence-electron chi connectivity index (χ3n) is 4.24. The SMILES string of the molecule is COc1ccc(NC(=O)CN2CCN(c3ccccc3F)C2=O)cc1OC. The lowest BCUT2D eigenvalue weighted by atomic mass is 10.2. The van der Waals surface area contributed by atoms with E-state index in [0.717, 1.165) is 0 Å². The summed E-state index contributed by atoms with van der Waals surface area (Å²) in [7, 11) is 3.03. The standard InChI is InChI=1S/C19H20FN3O4/c1-26-16-8-7-13(11-17(16)27-2)21-18(24)12-22-9-10-23(19(22)25)15-6-4-3-5-14(15)20/h3-8,11H,9-10,12H2,1-2H3,(H,21,24). The Labute approximate surface area is 156 Å². The molecular formula is C19H20FN3O4. The Morgan fingerprint density at radius 3 is 2.56 bits per heavy atom. The maximum atomic E-state index is 13.9. The number of nitrogens with zero attached hydrogens (tertiary/aromatic N) is 2. The first-order valence-corrected chi connectivity index (χ1v) is 8.36. The summed E-state index contributed by atoms with van der Waals surface area (Å²) in [6.45, 7) is 0.536. The normalized spacial score (nSPS) is 13.7. The summed E-state index contributed by atoms with van der Waals surface area (Å²) in [5.74, 6) is 0.206. The third-order valence-corrected chi connectivity index (χ3v) is 4.24. The van der Waals surface area contributed by atoms with Crippen LogP contribution in [0.15, 0.2) is 42.5 Å². The van der Waals surface area contributed by atoms with Crippen LogP contribution in [0.2, 0.25) is 0 Å². The van der Waals surface area contributed by atoms with Crippen LogP contribution < -0.4 is 19.7 Å². The molecular weight excluding hydrogens is 353 g/mol. The van der Waals surface area contributed by atoms with Gasteiger partial charge in [-0.3, -0.25) is 9.69 Å². The van der Waals surface area contributed by atoms with Crippen LogP contribution in [-0.4, -0.2) is 50.7 Å². The van der Waals surface area contributed by atoms with E-state index in [-0.39, 0.29) is 18.1 Å². The number of carbonyl (C=O) groups excluding carboxylic acids is 2. The lowest BCUT2D eigenvalue weighted by Crippen LogP contribution is -2.37. The van der Waals surface area contributed by atoms with Gasteiger partial charge in [0.25, 0.3) is 0 Å². The van der Waals surface area contributed by atoms with Crippen LogP contribution in [0.5, 0.6) is 11.5 Å². The van der Waals surface area contributed by atoms with Gasteiger partial charge in [-0.05, 0) is 24.3 Å². The molecule has 7 nitrogen and oxygen atoms in total. The van der Waals surface area contributed by atoms with Crippen molar-refractivity contribution in [3.05, 3.63) is 48.3 Å². The van der Waals surface area contributed by atoms with Crippen LogP contribution in [0.1, 0.15) is 0 Å². The average molecular weight is 373 g/mol. The minimum atomic E-state index is -0.470. The van der Waals surface area contributed by atoms with Crippen LogP contribution in [0.3, 0.4) is 0 Å². The number of para-hydroxylation sites is 1. The fourth-order valence-electron chi connectivity index (χ4n) is 2.91. The number of anilines is 2. The van der Waals surface area contributed by atoms with Gasteiger partial charge in [-0.2, -0.15) is 0 Å². The topological polar surface area (TPSA) is 71.1 Å². The van der Waals surface area contributed by atoms with Crippen molar-refractivity contribution in [2.75, 3.05) is 44.1 Å². The zero-order chi connectivity index (χ0) is 19.4. The quantitative estimate of drug-likeness (QED) is 0.845. The molecule has 0 aliphatic carbocycles. The van der Waals surface area contributed by atoms with Gasteiger partial charge in [0.15, 0.2) is 11.5 Å². The Balaban J connectivity index is 1.63. The number of urea groups is 1. The number of nitrogens with one attached hydrogen (secondary N) is 1. The molecule has 0 unspecified atom stereocenters. The van der Waals surface area contributed by atoms with E-state index in [9.17, 15) is 14.0 Å². The van der Waals surface area contributed by atoms with Crippen LogP contribution in [0.4, 0.5) is 20.6 Å². The van der Waals surface area contributed by atoms with E-state index in [1.54, 1.807) is 36.4 Å². The summed E-state index contributed by atoms with van der Waals surface area (Å²) in [6, 6.07) is 10.7. The number of rotatable bonds is 6. The Morgan fingerprint density at radius 1 is 1.11 bits per heavy atom. The highest BCUT2D eigenvalue weighted by atomic mass is 19.1. The molecule has 0 aromatic heterocycles. The summed E-state index contributed by atoms with van der Waals surface area (Å²) in [5.41, 5.74) is 0.737. The molecule has 0 atom stereocenters. The summed E-state index contributed by atoms with van der Waals surface area (Å²) >= 11 is 0. The lowest BCUT2D eigenvalue weighted by molar-refractivity contribution is -0.116. The van der Waals surface area contributed by atoms with E-state index in [1.165, 1.54) is 30.1 Å². The van der Waals surface area contributed by atoms with Gasteiger partial charge in [0, 0.05) is 24.8 Å². The zero-order valence-corrected chi connectivity index (χ0v) is 15.1. The van der Waals surface area contributed by atoms with Crippen molar-refractivity contribution in [1.82, 2.24) is 4.90 Å². The predicted octanol–water partition coefficient (Wildman–Crippen LogP) is 2.72. The van der Waals surface area contributed by atoms with Gasteiger partial charge < -0.3 is 19.7 Å². The van der Waals surface area contributed by atoms with Gasteiger partial charge >= 0.3 is 6.03 Å². The Kier molecular flexibility index (Phi) is 5.44. The molecule has 3 rings (SSSR count). The molecule has 3 amide bonds. The molecule has 0 spiro atoms. The molecule has 2 aromatic rings. The maximum Gasteiger partial charge on any atom is 0.325 e. The summed E-state index contributed by atoms with van der Waals surface area (Å²) in [5, 5.41) is 2.72. The van der Waals surface area contributed by atoms with Crippen molar-refractivity contribution in [2.24, 2.45) is 0 Å². The highest BCUT2D eigenvalue weighted by Gasteiger charge is 2.32. The second-order valence-corrected chi connectivity index (χ2v) is 5.93. The molecule has 142 valence electrons. The maximum absolute atomic E-state index is 13.9. The molecule has 2 aromatic carbocycles. The first-order chi connectivity index (χ1) is 13.0. The number of amides is 3. The largest absolute Gasteiger partial charge is 0.493 e. The van der Waals surface area contributed by atoms with E-state index in [0.29, 0.717) is 30.3 Å². The van der Waals surface area contributed by atoms with Crippen LogP contribution in [0.25, 0.3) is 0 Å². The molecule has 27 heavy (non-hydrogen) atoms. The van der Waals surface area contributed by atoms with Gasteiger partial charge in [-0.1, -0.05) is 12.1 Å². The van der Waals surface area contributed by atoms with Crippen molar-refractivity contribution in [2.45, 2.75) is 0 Å². The summed E-state index contributed by atoms with van der Waals surface area (Å²) < 4.78 is 24.3. The van der Waals surface area contributed by atoms with E-state index < -0.39 is 11.8 Å². The molecule has 0 bridgehead atoms. The first kappa shape index (κ1) is 18.5. The Hall–Kier alpha value is -3.29. The molecule has 1 aliphatic heterocycles. The van der Waals surface area contributed by atoms with Gasteiger partial charge in [0.2, 0.25) is 5.91 Å². The number of hydrogen-bond donors (Lipinski definition) is 1. The number of ether oxygens (including phenoxy) is 2. The molecule has 8 heteroatoms. The highest BCUT2D eigenvalue weighted by molar-refractivity contribution is 5.99. The van der Waals surface area contributed by atoms with Crippen LogP contribution in [-0.2, 0) is 4.79 Å². The molecule has 1 N–H and O–H groups in total. The van der Waals surface area contributed by atoms with Crippen molar-refractivity contribution < 1.29 is 23.5 Å². The lowest BCUT2D eigenvalue weighted by Gasteiger charge is -2.19. The summed E-state index contributed by atoms with van der Waals surface area (Å²) in [6.07, 6.45) is 0. The predicted molar refractivity (Wildman–Crippen MR) is 98.9 cm³/mol. The molecule has 1 heterocycles. The Bertz CT molecular complexity index is 859. The van der Waals surface area contributed by atoms with E-state index in [4.69, 9.17) is 9.47 Å². The zero-order valence-electron chi connectivity index (χ0n) is 15.1. The van der Waals surface area contributed by atoms with Gasteiger partial charge in [-0.25, -0.2) is 9.18 Å². The molecule has 1 saturated heterocycles. The molecule has 0 saturated carbocycles. The number of benzene rings is 2. The second kappa shape index (κ2) is 7.94. The average Bonchev–Trinajstić information content (AvgIpc) is 3.02. The minimum Gasteiger partial charge on any atom is -0.493 e. The number of carbonyl (C=O) groups is 2. The van der Waals surface area contributed by atoms with Crippen LogP contribution in [0, 0.1) is 5.82 Å². The highest BCUT2D eigenvalue weighted by Crippen LogP contribution is 2.29. The van der Waals surface area contributed by atoms with Crippen molar-refractivity contribution >= 4 is 23.3 Å². The second-order valence-electron chi connectivity index (χ2n) is 5.93. The molecule has 1 aliphatic rings. The number of methoxy groups -OCH3 is 2. The smallest absolute Gasteiger partial charge is 0.325 e. The summed E-state index contributed by atoms with van der Waals surface area (Å²) in [4.78, 5) is 27.5. The van der Waals surface area contributed by atoms with Crippen molar-refractivity contribution in [3.8, 4) is 11.5 Å². The molecule has 1 fully saturated rings. The van der Waals surface area contributed by atoms with Gasteiger partial charge in [0.1, 0.15) is 12.4 Å². The Morgan fingerprint density at radius 2 is 1.85 bits per heavy atom. The number of halogens is 1. The van der Waals surface area contributed by atoms with E-state index >= 15 is 0 Å². The third kappa shape index (κ3) is 3.94. The van der Waals surface area contributed by atoms with Gasteiger partial charge in [-0.15, -0.1) is 0 Å². The van der Waals surface area contributed by atoms with Crippen molar-refractivity contribution in [1.29, 1.82) is 0 Å².